The van der Waals surface area contributed by atoms with Gasteiger partial charge in [0.15, 0.2) is 5.78 Å². The maximum Gasteiger partial charge on any atom is 0.308 e. The van der Waals surface area contributed by atoms with E-state index >= 15 is 0 Å². The number of aliphatic carboxylic acids is 1. The molecule has 1 heterocycles. The van der Waals surface area contributed by atoms with Crippen molar-refractivity contribution >= 4 is 23.1 Å². The van der Waals surface area contributed by atoms with Gasteiger partial charge in [0.1, 0.15) is 0 Å². The summed E-state index contributed by atoms with van der Waals surface area (Å²) < 4.78 is 0. The third-order valence-corrected chi connectivity index (χ3v) is 2.85. The molecule has 0 aliphatic rings. The highest BCUT2D eigenvalue weighted by Gasteiger charge is 2.11. The molecule has 82 valence electrons. The third kappa shape index (κ3) is 3.81. The van der Waals surface area contributed by atoms with E-state index in [9.17, 15) is 9.59 Å². The van der Waals surface area contributed by atoms with Crippen LogP contribution < -0.4 is 0 Å². The van der Waals surface area contributed by atoms with Crippen LogP contribution in [-0.2, 0) is 11.2 Å². The fraction of sp³-hybridized carbons (Fsp3) is 0.400. The average molecular weight is 227 g/mol. The van der Waals surface area contributed by atoms with E-state index in [1.807, 2.05) is 14.1 Å². The molecule has 0 radical (unpaired) electrons. The standard InChI is InChI=1S/C10H13NO3S/c1-11(2)6-8(12)9-4-3-7(15-9)5-10(13)14/h3-4H,5-6H2,1-2H3,(H,13,14). The quantitative estimate of drug-likeness (QED) is 0.766. The second-order valence-corrected chi connectivity index (χ2v) is 4.67. The smallest absolute Gasteiger partial charge is 0.308 e. The molecule has 0 aliphatic heterocycles. The monoisotopic (exact) mass is 227 g/mol. The van der Waals surface area contributed by atoms with E-state index in [0.717, 1.165) is 0 Å². The molecule has 0 bridgehead atoms. The number of thiophene rings is 1. The van der Waals surface area contributed by atoms with Gasteiger partial charge in [-0.25, -0.2) is 0 Å². The lowest BCUT2D eigenvalue weighted by atomic mass is 10.3. The summed E-state index contributed by atoms with van der Waals surface area (Å²) in [5.41, 5.74) is 0. The van der Waals surface area contributed by atoms with E-state index in [2.05, 4.69) is 0 Å². The molecule has 0 saturated carbocycles. The van der Waals surface area contributed by atoms with Gasteiger partial charge in [0.25, 0.3) is 0 Å². The predicted octanol–water partition coefficient (Wildman–Crippen LogP) is 1.12. The van der Waals surface area contributed by atoms with Crippen molar-refractivity contribution in [2.24, 2.45) is 0 Å². The fourth-order valence-electron chi connectivity index (χ4n) is 1.14. The summed E-state index contributed by atoms with van der Waals surface area (Å²) in [5.74, 6) is -0.843. The van der Waals surface area contributed by atoms with Gasteiger partial charge in [0.2, 0.25) is 0 Å². The maximum absolute atomic E-state index is 11.6. The Hall–Kier alpha value is -1.20. The molecule has 0 aromatic carbocycles. The number of Topliss-reactive ketones (excluding diaryl/α,β-unsaturated/α-hetero) is 1. The summed E-state index contributed by atoms with van der Waals surface area (Å²) in [6, 6.07) is 3.39. The first-order chi connectivity index (χ1) is 6.99. The largest absolute Gasteiger partial charge is 0.481 e. The first kappa shape index (κ1) is 11.9. The summed E-state index contributed by atoms with van der Waals surface area (Å²) in [6.45, 7) is 0.354. The lowest BCUT2D eigenvalue weighted by Gasteiger charge is -2.06. The predicted molar refractivity (Wildman–Crippen MR) is 58.5 cm³/mol. The van der Waals surface area contributed by atoms with E-state index in [1.165, 1.54) is 11.3 Å². The van der Waals surface area contributed by atoms with Crippen LogP contribution in [0.3, 0.4) is 0 Å². The van der Waals surface area contributed by atoms with Gasteiger partial charge in [0.05, 0.1) is 17.8 Å². The summed E-state index contributed by atoms with van der Waals surface area (Å²) in [5, 5.41) is 8.57. The van der Waals surface area contributed by atoms with E-state index in [1.54, 1.807) is 17.0 Å². The Kier molecular flexibility index (Phi) is 3.99. The molecule has 0 amide bonds. The molecule has 1 aromatic rings. The van der Waals surface area contributed by atoms with Gasteiger partial charge in [0, 0.05) is 4.88 Å². The minimum atomic E-state index is -0.872. The number of ketones is 1. The number of carbonyl (C=O) groups is 2. The van der Waals surface area contributed by atoms with Gasteiger partial charge in [-0.05, 0) is 26.2 Å². The van der Waals surface area contributed by atoms with Crippen LogP contribution in [0.1, 0.15) is 14.5 Å². The number of carboxylic acids is 1. The summed E-state index contributed by atoms with van der Waals surface area (Å²) >= 11 is 1.25. The van der Waals surface area contributed by atoms with Crippen molar-refractivity contribution in [1.29, 1.82) is 0 Å². The lowest BCUT2D eigenvalue weighted by Crippen LogP contribution is -2.20. The maximum atomic E-state index is 11.6. The minimum absolute atomic E-state index is 0.0140. The highest BCUT2D eigenvalue weighted by Crippen LogP contribution is 2.17. The Morgan fingerprint density at radius 2 is 2.07 bits per heavy atom. The first-order valence-electron chi connectivity index (χ1n) is 4.47. The van der Waals surface area contributed by atoms with Crippen molar-refractivity contribution in [3.63, 3.8) is 0 Å². The molecule has 0 fully saturated rings. The molecule has 0 aliphatic carbocycles. The van der Waals surface area contributed by atoms with Gasteiger partial charge in [-0.15, -0.1) is 11.3 Å². The SMILES string of the molecule is CN(C)CC(=O)c1ccc(CC(=O)O)s1. The normalized spacial score (nSPS) is 10.6. The molecular weight excluding hydrogens is 214 g/mol. The number of nitrogens with zero attached hydrogens (tertiary/aromatic N) is 1. The van der Waals surface area contributed by atoms with Gasteiger partial charge in [-0.3, -0.25) is 9.59 Å². The van der Waals surface area contributed by atoms with Crippen LogP contribution in [0, 0.1) is 0 Å². The van der Waals surface area contributed by atoms with E-state index in [4.69, 9.17) is 5.11 Å². The van der Waals surface area contributed by atoms with Crippen LogP contribution >= 0.6 is 11.3 Å². The number of hydrogen-bond acceptors (Lipinski definition) is 4. The molecule has 0 spiro atoms. The van der Waals surface area contributed by atoms with Crippen LogP contribution in [0.4, 0.5) is 0 Å². The fourth-order valence-corrected chi connectivity index (χ4v) is 2.07. The molecular formula is C10H13NO3S. The molecule has 0 unspecified atom stereocenters. The second kappa shape index (κ2) is 5.04. The minimum Gasteiger partial charge on any atom is -0.481 e. The zero-order valence-electron chi connectivity index (χ0n) is 8.69. The van der Waals surface area contributed by atoms with Crippen LogP contribution in [0.2, 0.25) is 0 Å². The van der Waals surface area contributed by atoms with Crippen LogP contribution in [0.25, 0.3) is 0 Å². The van der Waals surface area contributed by atoms with E-state index < -0.39 is 5.97 Å². The third-order valence-electron chi connectivity index (χ3n) is 1.72. The Morgan fingerprint density at radius 3 is 2.60 bits per heavy atom. The number of likely N-dealkylation sites (N-methyl/N-ethyl adjacent to an activating group) is 1. The Balaban J connectivity index is 2.67. The van der Waals surface area contributed by atoms with Gasteiger partial charge in [-0.1, -0.05) is 0 Å². The Morgan fingerprint density at radius 1 is 1.40 bits per heavy atom. The van der Waals surface area contributed by atoms with Crippen molar-refractivity contribution in [3.8, 4) is 0 Å². The summed E-state index contributed by atoms with van der Waals surface area (Å²) in [4.78, 5) is 25.1. The van der Waals surface area contributed by atoms with Gasteiger partial charge < -0.3 is 10.0 Å². The summed E-state index contributed by atoms with van der Waals surface area (Å²) in [6.07, 6.45) is -0.0140. The number of carboxylic acid groups (broad SMARTS) is 1. The molecule has 0 atom stereocenters. The zero-order chi connectivity index (χ0) is 11.4. The Bertz CT molecular complexity index is 370. The summed E-state index contributed by atoms with van der Waals surface area (Å²) in [7, 11) is 3.65. The highest BCUT2D eigenvalue weighted by atomic mass is 32.1. The molecule has 1 aromatic heterocycles. The molecule has 1 rings (SSSR count). The average Bonchev–Trinajstić information content (AvgIpc) is 2.50. The van der Waals surface area contributed by atoms with Crippen molar-refractivity contribution in [1.82, 2.24) is 4.90 Å². The topological polar surface area (TPSA) is 57.6 Å². The molecule has 1 N–H and O–H groups in total. The molecule has 0 saturated heterocycles. The zero-order valence-corrected chi connectivity index (χ0v) is 9.50. The number of hydrogen-bond donors (Lipinski definition) is 1. The van der Waals surface area contributed by atoms with Crippen LogP contribution in [0.15, 0.2) is 12.1 Å². The second-order valence-electron chi connectivity index (χ2n) is 3.50. The van der Waals surface area contributed by atoms with Gasteiger partial charge in [-0.2, -0.15) is 0 Å². The number of rotatable bonds is 5. The van der Waals surface area contributed by atoms with Crippen LogP contribution in [0.5, 0.6) is 0 Å². The molecule has 15 heavy (non-hydrogen) atoms. The highest BCUT2D eigenvalue weighted by molar-refractivity contribution is 7.14. The number of carbonyl (C=O) groups excluding carboxylic acids is 1. The first-order valence-corrected chi connectivity index (χ1v) is 5.29. The lowest BCUT2D eigenvalue weighted by molar-refractivity contribution is -0.136. The van der Waals surface area contributed by atoms with Crippen molar-refractivity contribution in [3.05, 3.63) is 21.9 Å². The molecule has 5 heteroatoms. The van der Waals surface area contributed by atoms with E-state index in [-0.39, 0.29) is 12.2 Å². The van der Waals surface area contributed by atoms with Crippen molar-refractivity contribution in [2.75, 3.05) is 20.6 Å². The van der Waals surface area contributed by atoms with Crippen molar-refractivity contribution in [2.45, 2.75) is 6.42 Å². The van der Waals surface area contributed by atoms with Crippen LogP contribution in [-0.4, -0.2) is 42.4 Å². The van der Waals surface area contributed by atoms with Crippen molar-refractivity contribution < 1.29 is 14.7 Å². The van der Waals surface area contributed by atoms with E-state index in [0.29, 0.717) is 16.3 Å². The Labute approximate surface area is 92.1 Å². The molecule has 4 nitrogen and oxygen atoms in total. The van der Waals surface area contributed by atoms with Gasteiger partial charge >= 0.3 is 5.97 Å².